The van der Waals surface area contributed by atoms with Crippen molar-refractivity contribution < 1.29 is 9.47 Å². The molecule has 2 aliphatic rings. The molecule has 2 heterocycles. The highest BCUT2D eigenvalue weighted by Crippen LogP contribution is 2.38. The third-order valence-electron chi connectivity index (χ3n) is 5.09. The van der Waals surface area contributed by atoms with Gasteiger partial charge in [0.25, 0.3) is 0 Å². The molecule has 156 valence electrons. The van der Waals surface area contributed by atoms with Gasteiger partial charge in [0, 0.05) is 32.1 Å². The van der Waals surface area contributed by atoms with Crippen LogP contribution in [0.5, 0.6) is 11.5 Å². The van der Waals surface area contributed by atoms with Crippen LogP contribution in [0, 0.1) is 0 Å². The van der Waals surface area contributed by atoms with E-state index in [0.717, 1.165) is 56.2 Å². The highest BCUT2D eigenvalue weighted by molar-refractivity contribution is 6.32. The molecular weight excluding hydrogens is 376 g/mol. The van der Waals surface area contributed by atoms with Crippen molar-refractivity contribution >= 4 is 17.6 Å². The van der Waals surface area contributed by atoms with Crippen molar-refractivity contribution in [2.24, 2.45) is 4.99 Å². The van der Waals surface area contributed by atoms with Gasteiger partial charge >= 0.3 is 0 Å². The van der Waals surface area contributed by atoms with E-state index in [1.54, 1.807) is 0 Å². The molecule has 0 aromatic heterocycles. The first kappa shape index (κ1) is 21.1. The number of hydrogen-bond acceptors (Lipinski definition) is 4. The van der Waals surface area contributed by atoms with E-state index >= 15 is 0 Å². The fourth-order valence-corrected chi connectivity index (χ4v) is 3.96. The smallest absolute Gasteiger partial charge is 0.191 e. The van der Waals surface area contributed by atoms with Crippen LogP contribution >= 0.6 is 11.6 Å². The Morgan fingerprint density at radius 2 is 2.00 bits per heavy atom. The van der Waals surface area contributed by atoms with E-state index in [2.05, 4.69) is 29.4 Å². The largest absolute Gasteiger partial charge is 0.489 e. The molecule has 6 nitrogen and oxygen atoms in total. The number of piperidine rings is 1. The molecule has 1 aromatic carbocycles. The van der Waals surface area contributed by atoms with Crippen molar-refractivity contribution in [1.82, 2.24) is 15.5 Å². The van der Waals surface area contributed by atoms with Crippen LogP contribution in [-0.2, 0) is 6.54 Å². The third-order valence-corrected chi connectivity index (χ3v) is 5.37. The van der Waals surface area contributed by atoms with E-state index in [1.165, 1.54) is 13.0 Å². The van der Waals surface area contributed by atoms with Crippen LogP contribution in [0.2, 0.25) is 5.02 Å². The van der Waals surface area contributed by atoms with Crippen LogP contribution in [0.25, 0.3) is 0 Å². The lowest BCUT2D eigenvalue weighted by atomic mass is 10.1. The summed E-state index contributed by atoms with van der Waals surface area (Å²) >= 11 is 6.40. The van der Waals surface area contributed by atoms with Gasteiger partial charge < -0.3 is 25.0 Å². The summed E-state index contributed by atoms with van der Waals surface area (Å²) in [7, 11) is 0. The molecule has 0 bridgehead atoms. The standard InChI is InChI=1S/C21H33ClN4O2/c1-3-8-26-9-6-17(7-10-26)25-21(23-4-2)24-15-16-13-18(22)20-19(14-16)27-11-5-12-28-20/h13-14,17H,3-12,15H2,1-2H3,(H2,23,24,25). The van der Waals surface area contributed by atoms with Crippen LogP contribution in [0.15, 0.2) is 17.1 Å². The summed E-state index contributed by atoms with van der Waals surface area (Å²) in [4.78, 5) is 7.32. The third kappa shape index (κ3) is 5.92. The highest BCUT2D eigenvalue weighted by Gasteiger charge is 2.19. The molecule has 0 saturated carbocycles. The van der Waals surface area contributed by atoms with Gasteiger partial charge in [-0.3, -0.25) is 0 Å². The maximum Gasteiger partial charge on any atom is 0.191 e. The Bertz CT molecular complexity index is 660. The minimum atomic E-state index is 0.471. The van der Waals surface area contributed by atoms with Crippen LogP contribution in [-0.4, -0.2) is 56.3 Å². The lowest BCUT2D eigenvalue weighted by Crippen LogP contribution is -2.48. The van der Waals surface area contributed by atoms with Gasteiger partial charge in [-0.15, -0.1) is 0 Å². The lowest BCUT2D eigenvalue weighted by molar-refractivity contribution is 0.206. The second-order valence-electron chi connectivity index (χ2n) is 7.41. The van der Waals surface area contributed by atoms with E-state index in [9.17, 15) is 0 Å². The zero-order chi connectivity index (χ0) is 19.8. The van der Waals surface area contributed by atoms with Crippen molar-refractivity contribution in [2.45, 2.75) is 52.1 Å². The summed E-state index contributed by atoms with van der Waals surface area (Å²) in [5.41, 5.74) is 1.02. The molecule has 7 heteroatoms. The zero-order valence-electron chi connectivity index (χ0n) is 17.1. The Kier molecular flexibility index (Phi) is 8.10. The van der Waals surface area contributed by atoms with Gasteiger partial charge in [0.15, 0.2) is 17.5 Å². The number of guanidine groups is 1. The summed E-state index contributed by atoms with van der Waals surface area (Å²) in [6, 6.07) is 4.38. The molecule has 1 fully saturated rings. The number of aliphatic imine (C=N–C) groups is 1. The molecule has 3 rings (SSSR count). The number of nitrogens with zero attached hydrogens (tertiary/aromatic N) is 2. The summed E-state index contributed by atoms with van der Waals surface area (Å²) in [5.74, 6) is 2.23. The second-order valence-corrected chi connectivity index (χ2v) is 7.82. The molecule has 1 saturated heterocycles. The van der Waals surface area contributed by atoms with Gasteiger partial charge in [-0.25, -0.2) is 4.99 Å². The highest BCUT2D eigenvalue weighted by atomic mass is 35.5. The van der Waals surface area contributed by atoms with Gasteiger partial charge in [0.1, 0.15) is 0 Å². The molecular formula is C21H33ClN4O2. The molecule has 0 atom stereocenters. The molecule has 0 radical (unpaired) electrons. The predicted octanol–water partition coefficient (Wildman–Crippen LogP) is 3.43. The van der Waals surface area contributed by atoms with Crippen LogP contribution < -0.4 is 20.1 Å². The average Bonchev–Trinajstić information content (AvgIpc) is 2.94. The number of benzene rings is 1. The molecule has 0 aliphatic carbocycles. The first-order valence-electron chi connectivity index (χ1n) is 10.5. The number of hydrogen-bond donors (Lipinski definition) is 2. The van der Waals surface area contributed by atoms with Gasteiger partial charge in [0.2, 0.25) is 0 Å². The predicted molar refractivity (Wildman–Crippen MR) is 115 cm³/mol. The number of fused-ring (bicyclic) bond motifs is 1. The minimum absolute atomic E-state index is 0.471. The SMILES string of the molecule is CCCN1CCC(NC(=NCc2cc(Cl)c3c(c2)OCCCO3)NCC)CC1. The summed E-state index contributed by atoms with van der Waals surface area (Å²) in [5, 5.41) is 7.55. The van der Waals surface area contributed by atoms with E-state index in [-0.39, 0.29) is 0 Å². The first-order valence-corrected chi connectivity index (χ1v) is 10.9. The van der Waals surface area contributed by atoms with Crippen molar-refractivity contribution in [2.75, 3.05) is 39.4 Å². The fraction of sp³-hybridized carbons (Fsp3) is 0.667. The van der Waals surface area contributed by atoms with Crippen LogP contribution in [0.1, 0.15) is 45.1 Å². The normalized spacial score (nSPS) is 18.6. The Labute approximate surface area is 173 Å². The van der Waals surface area contributed by atoms with Crippen molar-refractivity contribution in [3.63, 3.8) is 0 Å². The van der Waals surface area contributed by atoms with Crippen molar-refractivity contribution in [1.29, 1.82) is 0 Å². The molecule has 0 amide bonds. The number of rotatable bonds is 6. The van der Waals surface area contributed by atoms with Crippen LogP contribution in [0.3, 0.4) is 0 Å². The monoisotopic (exact) mass is 408 g/mol. The van der Waals surface area contributed by atoms with Gasteiger partial charge in [0.05, 0.1) is 24.8 Å². The van der Waals surface area contributed by atoms with E-state index in [4.69, 9.17) is 26.1 Å². The molecule has 0 spiro atoms. The molecule has 0 unspecified atom stereocenters. The van der Waals surface area contributed by atoms with Crippen LogP contribution in [0.4, 0.5) is 0 Å². The number of ether oxygens (including phenoxy) is 2. The summed E-state index contributed by atoms with van der Waals surface area (Å²) < 4.78 is 11.5. The maximum absolute atomic E-state index is 6.40. The Morgan fingerprint density at radius 1 is 1.21 bits per heavy atom. The fourth-order valence-electron chi connectivity index (χ4n) is 3.68. The van der Waals surface area contributed by atoms with Crippen molar-refractivity contribution in [3.8, 4) is 11.5 Å². The Hall–Kier alpha value is -1.66. The summed E-state index contributed by atoms with van der Waals surface area (Å²) in [6.45, 7) is 10.5. The number of halogens is 1. The second kappa shape index (κ2) is 10.8. The zero-order valence-corrected chi connectivity index (χ0v) is 17.9. The Morgan fingerprint density at radius 3 is 2.75 bits per heavy atom. The number of likely N-dealkylation sites (tertiary alicyclic amines) is 1. The average molecular weight is 409 g/mol. The summed E-state index contributed by atoms with van der Waals surface area (Å²) in [6.07, 6.45) is 4.39. The first-order chi connectivity index (χ1) is 13.7. The van der Waals surface area contributed by atoms with E-state index < -0.39 is 0 Å². The Balaban J connectivity index is 1.61. The molecule has 2 aliphatic heterocycles. The van der Waals surface area contributed by atoms with Gasteiger partial charge in [-0.2, -0.15) is 0 Å². The van der Waals surface area contributed by atoms with Gasteiger partial charge in [-0.05, 0) is 50.4 Å². The lowest BCUT2D eigenvalue weighted by Gasteiger charge is -2.32. The minimum Gasteiger partial charge on any atom is -0.489 e. The molecule has 1 aromatic rings. The topological polar surface area (TPSA) is 58.1 Å². The van der Waals surface area contributed by atoms with Crippen molar-refractivity contribution in [3.05, 3.63) is 22.7 Å². The molecule has 28 heavy (non-hydrogen) atoms. The quantitative estimate of drug-likeness (QED) is 0.557. The van der Waals surface area contributed by atoms with E-state index in [1.807, 2.05) is 12.1 Å². The molecule has 2 N–H and O–H groups in total. The maximum atomic E-state index is 6.40. The van der Waals surface area contributed by atoms with Gasteiger partial charge in [-0.1, -0.05) is 18.5 Å². The number of nitrogens with one attached hydrogen (secondary N) is 2. The van der Waals surface area contributed by atoms with E-state index in [0.29, 0.717) is 36.6 Å².